The maximum Gasteiger partial charge on any atom is 0.293 e. The lowest BCUT2D eigenvalue weighted by Crippen LogP contribution is -3.14. The van der Waals surface area contributed by atoms with Crippen molar-refractivity contribution in [3.63, 3.8) is 0 Å². The largest absolute Gasteiger partial charge is 0.379 e. The quantitative estimate of drug-likeness (QED) is 0.466. The number of ether oxygens (including phenoxy) is 1. The number of hydrogen-bond donors (Lipinski definition) is 2. The van der Waals surface area contributed by atoms with Gasteiger partial charge in [-0.15, -0.1) is 0 Å². The Morgan fingerprint density at radius 2 is 2.15 bits per heavy atom. The normalized spacial score (nSPS) is 16.1. The van der Waals surface area contributed by atoms with Crippen molar-refractivity contribution >= 4 is 23.0 Å². The van der Waals surface area contributed by atoms with E-state index in [-0.39, 0.29) is 5.69 Å². The molecule has 0 spiro atoms. The summed E-state index contributed by atoms with van der Waals surface area (Å²) in [4.78, 5) is 12.1. The topological polar surface area (TPSA) is 68.8 Å². The van der Waals surface area contributed by atoms with E-state index in [0.717, 1.165) is 39.3 Å². The standard InChI is InChI=1S/C13H18ClN3O3/c14-11-2-3-12(13(10-11)17(18)19)15-4-1-5-16-6-8-20-9-7-16/h2-3,10,15H,1,4-9H2/p+1. The molecule has 1 fully saturated rings. The first-order valence-electron chi connectivity index (χ1n) is 6.76. The number of benzene rings is 1. The van der Waals surface area contributed by atoms with Gasteiger partial charge in [0.15, 0.2) is 0 Å². The third-order valence-corrected chi connectivity index (χ3v) is 3.61. The third-order valence-electron chi connectivity index (χ3n) is 3.38. The fraction of sp³-hybridized carbons (Fsp3) is 0.538. The highest BCUT2D eigenvalue weighted by molar-refractivity contribution is 6.30. The van der Waals surface area contributed by atoms with Crippen LogP contribution in [0.4, 0.5) is 11.4 Å². The van der Waals surface area contributed by atoms with Crippen molar-refractivity contribution in [3.8, 4) is 0 Å². The maximum absolute atomic E-state index is 10.9. The minimum Gasteiger partial charge on any atom is -0.379 e. The Hall–Kier alpha value is -1.37. The van der Waals surface area contributed by atoms with E-state index in [1.807, 2.05) is 0 Å². The highest BCUT2D eigenvalue weighted by atomic mass is 35.5. The Labute approximate surface area is 122 Å². The summed E-state index contributed by atoms with van der Waals surface area (Å²) in [6.45, 7) is 5.50. The Bertz CT molecular complexity index is 464. The van der Waals surface area contributed by atoms with Gasteiger partial charge in [-0.1, -0.05) is 11.6 Å². The van der Waals surface area contributed by atoms with Crippen molar-refractivity contribution in [2.24, 2.45) is 0 Å². The van der Waals surface area contributed by atoms with Gasteiger partial charge >= 0.3 is 0 Å². The van der Waals surface area contributed by atoms with Crippen LogP contribution < -0.4 is 10.2 Å². The first-order chi connectivity index (χ1) is 9.66. The second kappa shape index (κ2) is 7.42. The number of anilines is 1. The molecule has 0 amide bonds. The lowest BCUT2D eigenvalue weighted by molar-refractivity contribution is -0.908. The second-order valence-corrected chi connectivity index (χ2v) is 5.25. The molecule has 1 aromatic carbocycles. The van der Waals surface area contributed by atoms with Crippen LogP contribution in [-0.2, 0) is 4.74 Å². The van der Waals surface area contributed by atoms with E-state index in [1.165, 1.54) is 11.0 Å². The number of nitro groups is 1. The summed E-state index contributed by atoms with van der Waals surface area (Å²) in [6.07, 6.45) is 0.967. The van der Waals surface area contributed by atoms with E-state index in [9.17, 15) is 10.1 Å². The number of rotatable bonds is 6. The fourth-order valence-electron chi connectivity index (χ4n) is 2.28. The number of nitro benzene ring substituents is 1. The van der Waals surface area contributed by atoms with Crippen molar-refractivity contribution in [1.29, 1.82) is 0 Å². The molecule has 0 atom stereocenters. The molecule has 1 aliphatic rings. The molecule has 1 saturated heterocycles. The first-order valence-corrected chi connectivity index (χ1v) is 7.14. The molecular weight excluding hydrogens is 282 g/mol. The summed E-state index contributed by atoms with van der Waals surface area (Å²) in [7, 11) is 0. The molecule has 0 aromatic heterocycles. The fourth-order valence-corrected chi connectivity index (χ4v) is 2.44. The van der Waals surface area contributed by atoms with Crippen molar-refractivity contribution in [2.45, 2.75) is 6.42 Å². The zero-order chi connectivity index (χ0) is 14.4. The van der Waals surface area contributed by atoms with Gasteiger partial charge in [0.2, 0.25) is 0 Å². The van der Waals surface area contributed by atoms with Crippen LogP contribution in [0.1, 0.15) is 6.42 Å². The molecule has 0 saturated carbocycles. The average Bonchev–Trinajstić information content (AvgIpc) is 2.45. The maximum atomic E-state index is 10.9. The van der Waals surface area contributed by atoms with Crippen LogP contribution in [0.25, 0.3) is 0 Å². The van der Waals surface area contributed by atoms with Crippen LogP contribution in [0.3, 0.4) is 0 Å². The Morgan fingerprint density at radius 3 is 2.85 bits per heavy atom. The van der Waals surface area contributed by atoms with Crippen LogP contribution in [0.15, 0.2) is 18.2 Å². The third kappa shape index (κ3) is 4.33. The van der Waals surface area contributed by atoms with Crippen molar-refractivity contribution < 1.29 is 14.6 Å². The van der Waals surface area contributed by atoms with E-state index in [0.29, 0.717) is 17.3 Å². The average molecular weight is 301 g/mol. The minimum atomic E-state index is -0.415. The van der Waals surface area contributed by atoms with Crippen molar-refractivity contribution in [2.75, 3.05) is 44.7 Å². The molecule has 0 bridgehead atoms. The number of halogens is 1. The second-order valence-electron chi connectivity index (χ2n) is 4.81. The van der Waals surface area contributed by atoms with Gasteiger partial charge in [0.1, 0.15) is 18.8 Å². The van der Waals surface area contributed by atoms with Crippen LogP contribution in [-0.4, -0.2) is 44.3 Å². The predicted molar refractivity (Wildman–Crippen MR) is 77.6 cm³/mol. The summed E-state index contributed by atoms with van der Waals surface area (Å²) in [6, 6.07) is 4.68. The van der Waals surface area contributed by atoms with E-state index < -0.39 is 4.92 Å². The molecular formula is C13H19ClN3O3+. The molecule has 110 valence electrons. The van der Waals surface area contributed by atoms with E-state index >= 15 is 0 Å². The molecule has 0 radical (unpaired) electrons. The van der Waals surface area contributed by atoms with E-state index in [4.69, 9.17) is 16.3 Å². The molecule has 0 aliphatic carbocycles. The zero-order valence-electron chi connectivity index (χ0n) is 11.2. The smallest absolute Gasteiger partial charge is 0.293 e. The SMILES string of the molecule is O=[N+]([O-])c1cc(Cl)ccc1NCCC[NH+]1CCOCC1. The van der Waals surface area contributed by atoms with Crippen molar-refractivity contribution in [3.05, 3.63) is 33.3 Å². The Kier molecular flexibility index (Phi) is 5.58. The lowest BCUT2D eigenvalue weighted by atomic mass is 10.2. The summed E-state index contributed by atoms with van der Waals surface area (Å²) in [5.41, 5.74) is 0.549. The molecule has 20 heavy (non-hydrogen) atoms. The van der Waals surface area contributed by atoms with Gasteiger partial charge in [0, 0.05) is 24.1 Å². The van der Waals surface area contributed by atoms with Gasteiger partial charge in [-0.2, -0.15) is 0 Å². The number of nitrogens with one attached hydrogen (secondary N) is 2. The van der Waals surface area contributed by atoms with Crippen molar-refractivity contribution in [1.82, 2.24) is 0 Å². The summed E-state index contributed by atoms with van der Waals surface area (Å²) < 4.78 is 5.30. The minimum absolute atomic E-state index is 0.0243. The monoisotopic (exact) mass is 300 g/mol. The van der Waals surface area contributed by atoms with Gasteiger partial charge in [-0.3, -0.25) is 10.1 Å². The summed E-state index contributed by atoms with van der Waals surface area (Å²) >= 11 is 5.78. The Balaban J connectivity index is 1.80. The Morgan fingerprint density at radius 1 is 1.40 bits per heavy atom. The van der Waals surface area contributed by atoms with E-state index in [2.05, 4.69) is 5.32 Å². The van der Waals surface area contributed by atoms with Gasteiger partial charge in [-0.05, 0) is 12.1 Å². The molecule has 0 unspecified atom stereocenters. The first kappa shape index (κ1) is 15.0. The molecule has 1 aromatic rings. The molecule has 1 aliphatic heterocycles. The summed E-state index contributed by atoms with van der Waals surface area (Å²) in [5, 5.41) is 14.4. The molecule has 6 nitrogen and oxygen atoms in total. The number of quaternary nitrogens is 1. The van der Waals surface area contributed by atoms with Gasteiger partial charge in [0.05, 0.1) is 24.7 Å². The number of morpholine rings is 1. The molecule has 1 heterocycles. The van der Waals surface area contributed by atoms with Crippen LogP contribution in [0, 0.1) is 10.1 Å². The predicted octanol–water partition coefficient (Wildman–Crippen LogP) is 0.965. The molecule has 2 rings (SSSR count). The van der Waals surface area contributed by atoms with Crippen LogP contribution >= 0.6 is 11.6 Å². The van der Waals surface area contributed by atoms with E-state index in [1.54, 1.807) is 12.1 Å². The van der Waals surface area contributed by atoms with Gasteiger partial charge in [0.25, 0.3) is 5.69 Å². The van der Waals surface area contributed by atoms with Gasteiger partial charge < -0.3 is 15.0 Å². The zero-order valence-corrected chi connectivity index (χ0v) is 12.0. The summed E-state index contributed by atoms with van der Waals surface area (Å²) in [5.74, 6) is 0. The lowest BCUT2D eigenvalue weighted by Gasteiger charge is -2.23. The van der Waals surface area contributed by atoms with Crippen LogP contribution in [0.5, 0.6) is 0 Å². The number of hydrogen-bond acceptors (Lipinski definition) is 4. The highest BCUT2D eigenvalue weighted by Crippen LogP contribution is 2.27. The number of nitrogens with zero attached hydrogens (tertiary/aromatic N) is 1. The van der Waals surface area contributed by atoms with Crippen LogP contribution in [0.2, 0.25) is 5.02 Å². The molecule has 7 heteroatoms. The molecule has 2 N–H and O–H groups in total. The van der Waals surface area contributed by atoms with Gasteiger partial charge in [-0.25, -0.2) is 0 Å². The highest BCUT2D eigenvalue weighted by Gasteiger charge is 2.15.